The maximum absolute atomic E-state index is 12.6. The van der Waals surface area contributed by atoms with Crippen LogP contribution in [-0.4, -0.2) is 25.7 Å². The number of hydrogen-bond donors (Lipinski definition) is 1. The number of rotatable bonds is 6. The number of ether oxygens (including phenoxy) is 2. The molecule has 4 nitrogen and oxygen atoms in total. The van der Waals surface area contributed by atoms with Gasteiger partial charge in [0.15, 0.2) is 0 Å². The van der Waals surface area contributed by atoms with Crippen LogP contribution >= 0.6 is 11.3 Å². The van der Waals surface area contributed by atoms with E-state index in [0.29, 0.717) is 26.2 Å². The predicted octanol–water partition coefficient (Wildman–Crippen LogP) is 3.79. The van der Waals surface area contributed by atoms with Crippen molar-refractivity contribution in [3.05, 3.63) is 46.2 Å². The summed E-state index contributed by atoms with van der Waals surface area (Å²) in [5, 5.41) is 5.18. The van der Waals surface area contributed by atoms with Crippen LogP contribution in [0, 0.1) is 5.92 Å². The third-order valence-electron chi connectivity index (χ3n) is 4.51. The molecule has 1 aromatic carbocycles. The van der Waals surface area contributed by atoms with E-state index in [0.717, 1.165) is 17.1 Å². The fraction of sp³-hybridized carbons (Fsp3) is 0.450. The summed E-state index contributed by atoms with van der Waals surface area (Å²) in [7, 11) is 0. The molecule has 134 valence electrons. The highest BCUT2D eigenvalue weighted by atomic mass is 32.1. The molecule has 1 aromatic heterocycles. The summed E-state index contributed by atoms with van der Waals surface area (Å²) >= 11 is 1.72. The molecule has 3 rings (SSSR count). The van der Waals surface area contributed by atoms with Crippen molar-refractivity contribution >= 4 is 17.2 Å². The normalized spacial score (nSPS) is 16.7. The van der Waals surface area contributed by atoms with E-state index in [4.69, 9.17) is 9.47 Å². The first-order chi connectivity index (χ1) is 12.0. The largest absolute Gasteiger partial charge is 0.494 e. The van der Waals surface area contributed by atoms with Crippen molar-refractivity contribution in [2.45, 2.75) is 32.6 Å². The van der Waals surface area contributed by atoms with Crippen molar-refractivity contribution in [2.24, 2.45) is 5.92 Å². The van der Waals surface area contributed by atoms with Gasteiger partial charge in [0.05, 0.1) is 12.5 Å². The SMILES string of the molecule is CCOc1ccc2c(c1)CC(C(=O)NCC(C)(C)c1cccs1)CO2. The zero-order valence-electron chi connectivity index (χ0n) is 15.0. The van der Waals surface area contributed by atoms with Crippen LogP contribution in [-0.2, 0) is 16.6 Å². The van der Waals surface area contributed by atoms with Gasteiger partial charge in [0, 0.05) is 16.8 Å². The molecule has 0 bridgehead atoms. The number of hydrogen-bond acceptors (Lipinski definition) is 4. The summed E-state index contributed by atoms with van der Waals surface area (Å²) in [6.07, 6.45) is 0.682. The Morgan fingerprint density at radius 2 is 2.24 bits per heavy atom. The van der Waals surface area contributed by atoms with E-state index in [1.165, 1.54) is 4.88 Å². The molecule has 0 spiro atoms. The summed E-state index contributed by atoms with van der Waals surface area (Å²) in [5.74, 6) is 1.57. The molecule has 1 amide bonds. The number of thiophene rings is 1. The fourth-order valence-corrected chi connectivity index (χ4v) is 3.85. The van der Waals surface area contributed by atoms with Crippen LogP contribution in [0.1, 0.15) is 31.2 Å². The van der Waals surface area contributed by atoms with Crippen molar-refractivity contribution in [1.29, 1.82) is 0 Å². The van der Waals surface area contributed by atoms with Gasteiger partial charge in [0.25, 0.3) is 0 Å². The lowest BCUT2D eigenvalue weighted by Gasteiger charge is -2.28. The highest BCUT2D eigenvalue weighted by molar-refractivity contribution is 7.10. The molecule has 5 heteroatoms. The summed E-state index contributed by atoms with van der Waals surface area (Å²) < 4.78 is 11.3. The van der Waals surface area contributed by atoms with Gasteiger partial charge in [-0.05, 0) is 48.6 Å². The van der Waals surface area contributed by atoms with Crippen LogP contribution in [0.5, 0.6) is 11.5 Å². The van der Waals surface area contributed by atoms with Crippen LogP contribution in [0.2, 0.25) is 0 Å². The molecule has 1 unspecified atom stereocenters. The minimum Gasteiger partial charge on any atom is -0.494 e. The average Bonchev–Trinajstić information content (AvgIpc) is 3.15. The number of benzene rings is 1. The van der Waals surface area contributed by atoms with E-state index >= 15 is 0 Å². The molecule has 0 fully saturated rings. The topological polar surface area (TPSA) is 47.6 Å². The van der Waals surface area contributed by atoms with Crippen LogP contribution < -0.4 is 14.8 Å². The Labute approximate surface area is 153 Å². The van der Waals surface area contributed by atoms with Gasteiger partial charge in [0.2, 0.25) is 5.91 Å². The Balaban J connectivity index is 1.61. The van der Waals surface area contributed by atoms with E-state index in [-0.39, 0.29) is 17.2 Å². The minimum atomic E-state index is -0.163. The zero-order valence-corrected chi connectivity index (χ0v) is 15.8. The number of nitrogens with one attached hydrogen (secondary N) is 1. The lowest BCUT2D eigenvalue weighted by Crippen LogP contribution is -2.42. The monoisotopic (exact) mass is 359 g/mol. The van der Waals surface area contributed by atoms with Crippen LogP contribution in [0.3, 0.4) is 0 Å². The third kappa shape index (κ3) is 4.15. The van der Waals surface area contributed by atoms with Crippen molar-refractivity contribution in [3.63, 3.8) is 0 Å². The van der Waals surface area contributed by atoms with Crippen LogP contribution in [0.25, 0.3) is 0 Å². The second kappa shape index (κ2) is 7.48. The Morgan fingerprint density at radius 1 is 1.40 bits per heavy atom. The van der Waals surface area contributed by atoms with Gasteiger partial charge in [-0.2, -0.15) is 0 Å². The first-order valence-corrected chi connectivity index (χ1v) is 9.58. The molecule has 2 heterocycles. The number of carbonyl (C=O) groups is 1. The maximum atomic E-state index is 12.6. The summed E-state index contributed by atoms with van der Waals surface area (Å²) in [5.41, 5.74) is 0.967. The molecule has 1 aliphatic rings. The molecule has 0 radical (unpaired) electrons. The average molecular weight is 359 g/mol. The summed E-state index contributed by atoms with van der Waals surface area (Å²) in [6.45, 7) is 7.93. The molecule has 2 aromatic rings. The predicted molar refractivity (Wildman–Crippen MR) is 101 cm³/mol. The minimum absolute atomic E-state index is 0.0529. The maximum Gasteiger partial charge on any atom is 0.226 e. The van der Waals surface area contributed by atoms with Gasteiger partial charge in [-0.3, -0.25) is 4.79 Å². The van der Waals surface area contributed by atoms with Gasteiger partial charge in [-0.1, -0.05) is 19.9 Å². The second-order valence-corrected chi connectivity index (χ2v) is 7.94. The van der Waals surface area contributed by atoms with Gasteiger partial charge in [-0.25, -0.2) is 0 Å². The van der Waals surface area contributed by atoms with Gasteiger partial charge < -0.3 is 14.8 Å². The third-order valence-corrected chi connectivity index (χ3v) is 5.75. The summed E-state index contributed by atoms with van der Waals surface area (Å²) in [6, 6.07) is 9.98. The van der Waals surface area contributed by atoms with E-state index in [1.807, 2.05) is 31.2 Å². The van der Waals surface area contributed by atoms with Gasteiger partial charge >= 0.3 is 0 Å². The van der Waals surface area contributed by atoms with Crippen molar-refractivity contribution in [1.82, 2.24) is 5.32 Å². The lowest BCUT2D eigenvalue weighted by atomic mass is 9.90. The smallest absolute Gasteiger partial charge is 0.226 e. The highest BCUT2D eigenvalue weighted by Crippen LogP contribution is 2.31. The molecule has 0 aliphatic carbocycles. The Bertz CT molecular complexity index is 725. The quantitative estimate of drug-likeness (QED) is 0.854. The number of fused-ring (bicyclic) bond motifs is 1. The van der Waals surface area contributed by atoms with Crippen molar-refractivity contribution in [2.75, 3.05) is 19.8 Å². The molecule has 1 aliphatic heterocycles. The molecule has 0 saturated carbocycles. The molecular weight excluding hydrogens is 334 g/mol. The van der Waals surface area contributed by atoms with E-state index in [1.54, 1.807) is 11.3 Å². The zero-order chi connectivity index (χ0) is 17.9. The molecular formula is C20H25NO3S. The first-order valence-electron chi connectivity index (χ1n) is 8.70. The highest BCUT2D eigenvalue weighted by Gasteiger charge is 2.29. The molecule has 25 heavy (non-hydrogen) atoms. The second-order valence-electron chi connectivity index (χ2n) is 6.99. The van der Waals surface area contributed by atoms with Crippen molar-refractivity contribution in [3.8, 4) is 11.5 Å². The van der Waals surface area contributed by atoms with E-state index in [9.17, 15) is 4.79 Å². The fourth-order valence-electron chi connectivity index (χ4n) is 3.00. The summed E-state index contributed by atoms with van der Waals surface area (Å²) in [4.78, 5) is 13.9. The van der Waals surface area contributed by atoms with Crippen LogP contribution in [0.15, 0.2) is 35.7 Å². The molecule has 1 N–H and O–H groups in total. The first kappa shape index (κ1) is 17.8. The Kier molecular flexibility index (Phi) is 5.33. The van der Waals surface area contributed by atoms with Gasteiger partial charge in [-0.15, -0.1) is 11.3 Å². The van der Waals surface area contributed by atoms with Crippen molar-refractivity contribution < 1.29 is 14.3 Å². The Hall–Kier alpha value is -2.01. The Morgan fingerprint density at radius 3 is 2.96 bits per heavy atom. The van der Waals surface area contributed by atoms with Gasteiger partial charge in [0.1, 0.15) is 18.1 Å². The number of amides is 1. The molecule has 1 atom stereocenters. The van der Waals surface area contributed by atoms with Crippen LogP contribution in [0.4, 0.5) is 0 Å². The lowest BCUT2D eigenvalue weighted by molar-refractivity contribution is -0.126. The van der Waals surface area contributed by atoms with E-state index in [2.05, 4.69) is 30.6 Å². The van der Waals surface area contributed by atoms with E-state index < -0.39 is 0 Å². The number of carbonyl (C=O) groups excluding carboxylic acids is 1. The standard InChI is InChI=1S/C20H25NO3S/c1-4-23-16-7-8-17-14(11-16)10-15(12-24-17)19(22)21-13-20(2,3)18-6-5-9-25-18/h5-9,11,15H,4,10,12-13H2,1-3H3,(H,21,22). The molecule has 0 saturated heterocycles.